The molecule has 0 aromatic heterocycles. The molecule has 2 rings (SSSR count). The summed E-state index contributed by atoms with van der Waals surface area (Å²) in [6.07, 6.45) is 1.27. The summed E-state index contributed by atoms with van der Waals surface area (Å²) in [5.74, 6) is -2.18. The zero-order valence-corrected chi connectivity index (χ0v) is 13.0. The van der Waals surface area contributed by atoms with Gasteiger partial charge < -0.3 is 10.2 Å². The van der Waals surface area contributed by atoms with Gasteiger partial charge in [-0.15, -0.1) is 0 Å². The second-order valence-electron chi connectivity index (χ2n) is 4.87. The van der Waals surface area contributed by atoms with Crippen LogP contribution in [0.5, 0.6) is 0 Å². The van der Waals surface area contributed by atoms with E-state index < -0.39 is 17.7 Å². The molecule has 1 aliphatic heterocycles. The average molecular weight is 361 g/mol. The number of amides is 2. The highest BCUT2D eigenvalue weighted by molar-refractivity contribution is 9.10. The number of carbonyl (C=O) groups excluding carboxylic acids is 2. The van der Waals surface area contributed by atoms with Crippen molar-refractivity contribution in [1.29, 1.82) is 0 Å². The first kappa shape index (κ1) is 15.9. The van der Waals surface area contributed by atoms with Gasteiger partial charge in [0.05, 0.1) is 10.2 Å². The maximum Gasteiger partial charge on any atom is 0.249 e. The van der Waals surface area contributed by atoms with Gasteiger partial charge in [-0.05, 0) is 28.4 Å². The van der Waals surface area contributed by atoms with E-state index in [2.05, 4.69) is 21.2 Å². The molecule has 1 unspecified atom stereocenters. The number of anilines is 1. The molecule has 21 heavy (non-hydrogen) atoms. The van der Waals surface area contributed by atoms with E-state index in [1.54, 1.807) is 0 Å². The van der Waals surface area contributed by atoms with Gasteiger partial charge in [0.1, 0.15) is 17.7 Å². The number of nitrogens with zero attached hydrogens (tertiary/aromatic N) is 1. The van der Waals surface area contributed by atoms with Crippen LogP contribution in [0.2, 0.25) is 0 Å². The predicted octanol–water partition coefficient (Wildman–Crippen LogP) is 2.75. The Labute approximate surface area is 129 Å². The lowest BCUT2D eigenvalue weighted by atomic mass is 10.1. The summed E-state index contributed by atoms with van der Waals surface area (Å²) < 4.78 is 27.3. The molecule has 1 aromatic rings. The van der Waals surface area contributed by atoms with Crippen LogP contribution < -0.4 is 10.2 Å². The minimum Gasteiger partial charge on any atom is -0.344 e. The predicted molar refractivity (Wildman–Crippen MR) is 77.9 cm³/mol. The SMILES string of the molecule is CCCC1NC(=O)CCN(c2cc(Br)c(F)cc2F)C1=O. The van der Waals surface area contributed by atoms with Crippen molar-refractivity contribution in [1.82, 2.24) is 5.32 Å². The summed E-state index contributed by atoms with van der Waals surface area (Å²) in [4.78, 5) is 25.3. The van der Waals surface area contributed by atoms with Crippen LogP contribution in [-0.4, -0.2) is 24.4 Å². The van der Waals surface area contributed by atoms with Gasteiger partial charge in [0.25, 0.3) is 0 Å². The van der Waals surface area contributed by atoms with Crippen molar-refractivity contribution in [2.75, 3.05) is 11.4 Å². The average Bonchev–Trinajstić information content (AvgIpc) is 2.55. The number of hydrogen-bond donors (Lipinski definition) is 1. The largest absolute Gasteiger partial charge is 0.344 e. The maximum absolute atomic E-state index is 14.0. The molecule has 0 spiro atoms. The second kappa shape index (κ2) is 6.51. The molecule has 1 N–H and O–H groups in total. The van der Waals surface area contributed by atoms with E-state index >= 15 is 0 Å². The third-order valence-electron chi connectivity index (χ3n) is 3.32. The van der Waals surface area contributed by atoms with Crippen molar-refractivity contribution in [2.45, 2.75) is 32.2 Å². The molecular weight excluding hydrogens is 346 g/mol. The molecule has 1 fully saturated rings. The van der Waals surface area contributed by atoms with E-state index in [1.807, 2.05) is 6.92 Å². The number of hydrogen-bond acceptors (Lipinski definition) is 2. The lowest BCUT2D eigenvalue weighted by molar-refractivity contribution is -0.125. The topological polar surface area (TPSA) is 49.4 Å². The first-order valence-corrected chi connectivity index (χ1v) is 7.48. The van der Waals surface area contributed by atoms with Gasteiger partial charge in [0.15, 0.2) is 0 Å². The number of halogens is 3. The van der Waals surface area contributed by atoms with Gasteiger partial charge in [-0.2, -0.15) is 0 Å². The molecule has 0 aliphatic carbocycles. The molecular formula is C14H15BrF2N2O2. The van der Waals surface area contributed by atoms with E-state index in [4.69, 9.17) is 0 Å². The molecule has 2 amide bonds. The van der Waals surface area contributed by atoms with E-state index in [0.717, 1.165) is 6.07 Å². The van der Waals surface area contributed by atoms with Gasteiger partial charge in [-0.1, -0.05) is 13.3 Å². The highest BCUT2D eigenvalue weighted by Gasteiger charge is 2.31. The number of benzene rings is 1. The zero-order valence-electron chi connectivity index (χ0n) is 11.5. The van der Waals surface area contributed by atoms with E-state index in [1.165, 1.54) is 11.0 Å². The standard InChI is InChI=1S/C14H15BrF2N2O2/c1-2-3-11-14(21)19(5-4-13(20)18-11)12-6-8(15)9(16)7-10(12)17/h6-7,11H,2-5H2,1H3,(H,18,20). The molecule has 0 saturated carbocycles. The highest BCUT2D eigenvalue weighted by atomic mass is 79.9. The van der Waals surface area contributed by atoms with Crippen LogP contribution in [0, 0.1) is 11.6 Å². The van der Waals surface area contributed by atoms with Gasteiger partial charge >= 0.3 is 0 Å². The maximum atomic E-state index is 14.0. The molecule has 0 radical (unpaired) electrons. The van der Waals surface area contributed by atoms with Crippen LogP contribution in [0.15, 0.2) is 16.6 Å². The Hall–Kier alpha value is -1.50. The minimum absolute atomic E-state index is 0.0223. The molecule has 1 saturated heterocycles. The Balaban J connectivity index is 2.39. The van der Waals surface area contributed by atoms with E-state index in [0.29, 0.717) is 12.8 Å². The van der Waals surface area contributed by atoms with E-state index in [9.17, 15) is 18.4 Å². The van der Waals surface area contributed by atoms with Gasteiger partial charge in [-0.3, -0.25) is 9.59 Å². The van der Waals surface area contributed by atoms with E-state index in [-0.39, 0.29) is 34.9 Å². The monoisotopic (exact) mass is 360 g/mol. The van der Waals surface area contributed by atoms with Gasteiger partial charge in [0, 0.05) is 19.0 Å². The molecule has 4 nitrogen and oxygen atoms in total. The lowest BCUT2D eigenvalue weighted by Crippen LogP contribution is -2.45. The summed E-state index contributed by atoms with van der Waals surface area (Å²) in [6, 6.07) is 1.27. The first-order valence-electron chi connectivity index (χ1n) is 6.69. The normalized spacial score (nSPS) is 19.4. The Morgan fingerprint density at radius 2 is 2.05 bits per heavy atom. The Morgan fingerprint density at radius 1 is 1.33 bits per heavy atom. The second-order valence-corrected chi connectivity index (χ2v) is 5.72. The Bertz CT molecular complexity index is 580. The third-order valence-corrected chi connectivity index (χ3v) is 3.93. The van der Waals surface area contributed by atoms with Crippen molar-refractivity contribution in [2.24, 2.45) is 0 Å². The highest BCUT2D eigenvalue weighted by Crippen LogP contribution is 2.28. The van der Waals surface area contributed by atoms with Crippen molar-refractivity contribution >= 4 is 33.4 Å². The van der Waals surface area contributed by atoms with Gasteiger partial charge in [-0.25, -0.2) is 8.78 Å². The number of carbonyl (C=O) groups is 2. The number of rotatable bonds is 3. The molecule has 1 atom stereocenters. The fourth-order valence-corrected chi connectivity index (χ4v) is 2.61. The first-order chi connectivity index (χ1) is 9.93. The number of nitrogens with one attached hydrogen (secondary N) is 1. The van der Waals surface area contributed by atoms with Crippen LogP contribution in [0.1, 0.15) is 26.2 Å². The van der Waals surface area contributed by atoms with Crippen molar-refractivity contribution in [3.05, 3.63) is 28.2 Å². The fourth-order valence-electron chi connectivity index (χ4n) is 2.28. The third kappa shape index (κ3) is 3.40. The molecule has 1 aliphatic rings. The summed E-state index contributed by atoms with van der Waals surface area (Å²) in [7, 11) is 0. The molecule has 1 heterocycles. The lowest BCUT2D eigenvalue weighted by Gasteiger charge is -2.24. The van der Waals surface area contributed by atoms with Crippen LogP contribution in [-0.2, 0) is 9.59 Å². The molecule has 1 aromatic carbocycles. The summed E-state index contributed by atoms with van der Waals surface area (Å²) in [5.41, 5.74) is -0.0223. The van der Waals surface area contributed by atoms with Gasteiger partial charge in [0.2, 0.25) is 11.8 Å². The summed E-state index contributed by atoms with van der Waals surface area (Å²) in [5, 5.41) is 2.64. The van der Waals surface area contributed by atoms with Crippen molar-refractivity contribution in [3.63, 3.8) is 0 Å². The Kier molecular flexibility index (Phi) is 4.92. The van der Waals surface area contributed by atoms with Crippen molar-refractivity contribution in [3.8, 4) is 0 Å². The molecule has 114 valence electrons. The zero-order chi connectivity index (χ0) is 15.6. The van der Waals surface area contributed by atoms with Crippen LogP contribution in [0.25, 0.3) is 0 Å². The fraction of sp³-hybridized carbons (Fsp3) is 0.429. The molecule has 0 bridgehead atoms. The quantitative estimate of drug-likeness (QED) is 0.842. The summed E-state index contributed by atoms with van der Waals surface area (Å²) >= 11 is 2.98. The molecule has 7 heteroatoms. The minimum atomic E-state index is -0.825. The van der Waals surface area contributed by atoms with Crippen molar-refractivity contribution < 1.29 is 18.4 Å². The van der Waals surface area contributed by atoms with Crippen LogP contribution >= 0.6 is 15.9 Å². The van der Waals surface area contributed by atoms with Crippen LogP contribution in [0.4, 0.5) is 14.5 Å². The summed E-state index contributed by atoms with van der Waals surface area (Å²) in [6.45, 7) is 1.96. The smallest absolute Gasteiger partial charge is 0.249 e. The van der Waals surface area contributed by atoms with Crippen LogP contribution in [0.3, 0.4) is 0 Å². The Morgan fingerprint density at radius 3 is 2.71 bits per heavy atom.